The number of carbonyl (C=O) groups is 2. The average Bonchev–Trinajstić information content (AvgIpc) is 2.78. The number of rotatable bonds is 5. The summed E-state index contributed by atoms with van der Waals surface area (Å²) in [6.07, 6.45) is 0.781. The molecule has 5 heteroatoms. The third kappa shape index (κ3) is 3.05. The maximum absolute atomic E-state index is 11.7. The second kappa shape index (κ2) is 5.73. The van der Waals surface area contributed by atoms with Crippen molar-refractivity contribution in [1.29, 1.82) is 0 Å². The van der Waals surface area contributed by atoms with Crippen molar-refractivity contribution in [2.75, 3.05) is 20.2 Å². The summed E-state index contributed by atoms with van der Waals surface area (Å²) < 4.78 is 5.25. The number of para-hydroxylation sites is 1. The van der Waals surface area contributed by atoms with E-state index in [9.17, 15) is 9.59 Å². The summed E-state index contributed by atoms with van der Waals surface area (Å²) in [5.41, 5.74) is 1.02. The molecule has 1 aromatic rings. The van der Waals surface area contributed by atoms with Crippen molar-refractivity contribution in [2.45, 2.75) is 12.8 Å². The van der Waals surface area contributed by atoms with Gasteiger partial charge in [0.2, 0.25) is 5.91 Å². The Hall–Kier alpha value is -2.04. The normalized spacial score (nSPS) is 18.7. The van der Waals surface area contributed by atoms with Crippen LogP contribution in [0, 0.1) is 5.92 Å². The zero-order valence-electron chi connectivity index (χ0n) is 10.8. The number of benzene rings is 1. The van der Waals surface area contributed by atoms with Gasteiger partial charge in [-0.1, -0.05) is 18.2 Å². The van der Waals surface area contributed by atoms with Crippen LogP contribution in [0.5, 0.6) is 5.75 Å². The Morgan fingerprint density at radius 1 is 1.47 bits per heavy atom. The van der Waals surface area contributed by atoms with Crippen LogP contribution in [0.4, 0.5) is 0 Å². The highest BCUT2D eigenvalue weighted by Gasteiger charge is 2.33. The first-order chi connectivity index (χ1) is 9.11. The Bertz CT molecular complexity index is 486. The number of carboxylic acids is 1. The van der Waals surface area contributed by atoms with E-state index in [4.69, 9.17) is 9.84 Å². The molecule has 1 N–H and O–H groups in total. The van der Waals surface area contributed by atoms with Gasteiger partial charge in [-0.15, -0.1) is 0 Å². The third-order valence-corrected chi connectivity index (χ3v) is 3.41. The zero-order chi connectivity index (χ0) is 13.8. The molecule has 1 saturated heterocycles. The van der Waals surface area contributed by atoms with Gasteiger partial charge < -0.3 is 14.7 Å². The number of carbonyl (C=O) groups excluding carboxylic acids is 1. The minimum atomic E-state index is -0.895. The molecule has 1 fully saturated rings. The highest BCUT2D eigenvalue weighted by molar-refractivity contribution is 5.86. The van der Waals surface area contributed by atoms with Crippen LogP contribution in [0.3, 0.4) is 0 Å². The molecule has 1 atom stereocenters. The summed E-state index contributed by atoms with van der Waals surface area (Å²) in [6, 6.07) is 7.64. The Morgan fingerprint density at radius 2 is 2.21 bits per heavy atom. The van der Waals surface area contributed by atoms with Crippen LogP contribution in [0.2, 0.25) is 0 Å². The van der Waals surface area contributed by atoms with Crippen molar-refractivity contribution in [1.82, 2.24) is 4.90 Å². The average molecular weight is 263 g/mol. The molecular formula is C14H17NO4. The van der Waals surface area contributed by atoms with Gasteiger partial charge in [-0.2, -0.15) is 0 Å². The van der Waals surface area contributed by atoms with Crippen molar-refractivity contribution in [3.8, 4) is 5.75 Å². The lowest BCUT2D eigenvalue weighted by molar-refractivity contribution is -0.141. The van der Waals surface area contributed by atoms with Crippen molar-refractivity contribution < 1.29 is 19.4 Å². The van der Waals surface area contributed by atoms with Gasteiger partial charge in [0.05, 0.1) is 13.0 Å². The summed E-state index contributed by atoms with van der Waals surface area (Å²) in [5.74, 6) is -0.746. The number of aliphatic carboxylic acids is 1. The molecule has 0 unspecified atom stereocenters. The summed E-state index contributed by atoms with van der Waals surface area (Å²) in [4.78, 5) is 24.2. The molecule has 1 aliphatic heterocycles. The molecule has 1 aromatic carbocycles. The fourth-order valence-electron chi connectivity index (χ4n) is 2.32. The monoisotopic (exact) mass is 263 g/mol. The maximum atomic E-state index is 11.7. The molecule has 2 rings (SSSR count). The second-order valence-electron chi connectivity index (χ2n) is 4.64. The summed E-state index contributed by atoms with van der Waals surface area (Å²) in [6.45, 7) is 0.840. The number of hydrogen-bond donors (Lipinski definition) is 1. The molecule has 0 aliphatic carbocycles. The van der Waals surface area contributed by atoms with E-state index in [1.54, 1.807) is 12.0 Å². The maximum Gasteiger partial charge on any atom is 0.308 e. The fraction of sp³-hybridized carbons (Fsp3) is 0.429. The highest BCUT2D eigenvalue weighted by atomic mass is 16.5. The van der Waals surface area contributed by atoms with E-state index < -0.39 is 11.9 Å². The van der Waals surface area contributed by atoms with Gasteiger partial charge in [-0.3, -0.25) is 9.59 Å². The summed E-state index contributed by atoms with van der Waals surface area (Å²) in [5, 5.41) is 8.92. The second-order valence-corrected chi connectivity index (χ2v) is 4.64. The number of carboxylic acid groups (broad SMARTS) is 1. The van der Waals surface area contributed by atoms with E-state index in [-0.39, 0.29) is 12.3 Å². The third-order valence-electron chi connectivity index (χ3n) is 3.41. The largest absolute Gasteiger partial charge is 0.496 e. The molecule has 0 spiro atoms. The van der Waals surface area contributed by atoms with Crippen molar-refractivity contribution in [3.05, 3.63) is 29.8 Å². The van der Waals surface area contributed by atoms with E-state index >= 15 is 0 Å². The quantitative estimate of drug-likeness (QED) is 0.866. The molecule has 1 amide bonds. The molecule has 19 heavy (non-hydrogen) atoms. The van der Waals surface area contributed by atoms with Crippen LogP contribution >= 0.6 is 0 Å². The molecular weight excluding hydrogens is 246 g/mol. The van der Waals surface area contributed by atoms with Gasteiger partial charge in [-0.05, 0) is 18.1 Å². The van der Waals surface area contributed by atoms with Crippen LogP contribution in [0.25, 0.3) is 0 Å². The smallest absolute Gasteiger partial charge is 0.308 e. The van der Waals surface area contributed by atoms with Crippen LogP contribution in [0.1, 0.15) is 12.0 Å². The Morgan fingerprint density at radius 3 is 2.84 bits per heavy atom. The summed E-state index contributed by atoms with van der Waals surface area (Å²) >= 11 is 0. The fourth-order valence-corrected chi connectivity index (χ4v) is 2.32. The first-order valence-corrected chi connectivity index (χ1v) is 6.24. The number of ether oxygens (including phenoxy) is 1. The Balaban J connectivity index is 1.96. The van der Waals surface area contributed by atoms with Gasteiger partial charge in [0.15, 0.2) is 0 Å². The zero-order valence-corrected chi connectivity index (χ0v) is 10.8. The molecule has 1 aliphatic rings. The Labute approximate surface area is 111 Å². The van der Waals surface area contributed by atoms with Gasteiger partial charge in [0, 0.05) is 19.5 Å². The molecule has 0 aromatic heterocycles. The number of methoxy groups -OCH3 is 1. The van der Waals surface area contributed by atoms with E-state index in [1.807, 2.05) is 24.3 Å². The number of likely N-dealkylation sites (tertiary alicyclic amines) is 1. The standard InChI is InChI=1S/C14H17NO4/c1-19-12-5-3-2-4-10(12)6-7-15-9-11(14(17)18)8-13(15)16/h2-5,11H,6-9H2,1H3,(H,17,18)/t11-/m1/s1. The lowest BCUT2D eigenvalue weighted by Gasteiger charge is -2.16. The predicted octanol–water partition coefficient (Wildman–Crippen LogP) is 1.17. The van der Waals surface area contributed by atoms with Crippen LogP contribution in [0.15, 0.2) is 24.3 Å². The number of amides is 1. The van der Waals surface area contributed by atoms with Crippen LogP contribution in [-0.4, -0.2) is 42.1 Å². The van der Waals surface area contributed by atoms with Crippen molar-refractivity contribution in [2.24, 2.45) is 5.92 Å². The minimum Gasteiger partial charge on any atom is -0.496 e. The van der Waals surface area contributed by atoms with Crippen LogP contribution < -0.4 is 4.74 Å². The van der Waals surface area contributed by atoms with Gasteiger partial charge in [0.1, 0.15) is 5.75 Å². The predicted molar refractivity (Wildman–Crippen MR) is 69.0 cm³/mol. The van der Waals surface area contributed by atoms with E-state index in [0.29, 0.717) is 19.5 Å². The minimum absolute atomic E-state index is 0.0812. The molecule has 102 valence electrons. The SMILES string of the molecule is COc1ccccc1CCN1C[C@H](C(=O)O)CC1=O. The number of nitrogens with zero attached hydrogens (tertiary/aromatic N) is 1. The van der Waals surface area contributed by atoms with E-state index in [0.717, 1.165) is 11.3 Å². The lowest BCUT2D eigenvalue weighted by Crippen LogP contribution is -2.28. The van der Waals surface area contributed by atoms with Crippen molar-refractivity contribution in [3.63, 3.8) is 0 Å². The molecule has 0 radical (unpaired) electrons. The molecule has 1 heterocycles. The molecule has 0 saturated carbocycles. The Kier molecular flexibility index (Phi) is 4.04. The van der Waals surface area contributed by atoms with Crippen LogP contribution in [-0.2, 0) is 16.0 Å². The highest BCUT2D eigenvalue weighted by Crippen LogP contribution is 2.21. The van der Waals surface area contributed by atoms with Gasteiger partial charge in [-0.25, -0.2) is 0 Å². The van der Waals surface area contributed by atoms with E-state index in [2.05, 4.69) is 0 Å². The van der Waals surface area contributed by atoms with Gasteiger partial charge in [0.25, 0.3) is 0 Å². The van der Waals surface area contributed by atoms with E-state index in [1.165, 1.54) is 0 Å². The molecule has 5 nitrogen and oxygen atoms in total. The van der Waals surface area contributed by atoms with Gasteiger partial charge >= 0.3 is 5.97 Å². The molecule has 0 bridgehead atoms. The first-order valence-electron chi connectivity index (χ1n) is 6.24. The first kappa shape index (κ1) is 13.4. The summed E-state index contributed by atoms with van der Waals surface area (Å²) in [7, 11) is 1.61. The van der Waals surface area contributed by atoms with Crippen molar-refractivity contribution >= 4 is 11.9 Å². The lowest BCUT2D eigenvalue weighted by atomic mass is 10.1. The number of hydrogen-bond acceptors (Lipinski definition) is 3. The topological polar surface area (TPSA) is 66.8 Å².